The van der Waals surface area contributed by atoms with Crippen LogP contribution in [0.1, 0.15) is 41.5 Å². The Labute approximate surface area is 199 Å². The molecule has 0 aliphatic carbocycles. The van der Waals surface area contributed by atoms with Gasteiger partial charge in [0.1, 0.15) is 0 Å². The van der Waals surface area contributed by atoms with Gasteiger partial charge in [-0.25, -0.2) is 4.79 Å². The van der Waals surface area contributed by atoms with E-state index in [2.05, 4.69) is 22.4 Å². The summed E-state index contributed by atoms with van der Waals surface area (Å²) in [5.74, 6) is 1.66. The van der Waals surface area contributed by atoms with E-state index in [4.69, 9.17) is 4.52 Å². The van der Waals surface area contributed by atoms with E-state index in [0.29, 0.717) is 36.2 Å². The Morgan fingerprint density at radius 2 is 1.76 bits per heavy atom. The quantitative estimate of drug-likeness (QED) is 0.578. The minimum absolute atomic E-state index is 0.0663. The molecule has 0 unspecified atom stereocenters. The minimum Gasteiger partial charge on any atom is -0.339 e. The van der Waals surface area contributed by atoms with Crippen molar-refractivity contribution >= 4 is 17.6 Å². The van der Waals surface area contributed by atoms with E-state index in [1.54, 1.807) is 11.9 Å². The summed E-state index contributed by atoms with van der Waals surface area (Å²) in [5, 5.41) is 6.90. The van der Waals surface area contributed by atoms with Crippen LogP contribution in [0.4, 0.5) is 10.5 Å². The molecule has 3 aromatic rings. The number of rotatable bonds is 6. The summed E-state index contributed by atoms with van der Waals surface area (Å²) >= 11 is 0. The Balaban J connectivity index is 1.30. The van der Waals surface area contributed by atoms with E-state index in [1.807, 2.05) is 60.4 Å². The second kappa shape index (κ2) is 10.5. The number of urea groups is 1. The predicted molar refractivity (Wildman–Crippen MR) is 131 cm³/mol. The molecule has 1 saturated heterocycles. The molecule has 1 fully saturated rings. The van der Waals surface area contributed by atoms with Crippen molar-refractivity contribution in [1.29, 1.82) is 0 Å². The maximum absolute atomic E-state index is 12.7. The second-order valence-corrected chi connectivity index (χ2v) is 9.04. The zero-order chi connectivity index (χ0) is 24.1. The van der Waals surface area contributed by atoms with E-state index in [-0.39, 0.29) is 11.9 Å². The summed E-state index contributed by atoms with van der Waals surface area (Å²) in [6.45, 7) is 6.30. The van der Waals surface area contributed by atoms with E-state index >= 15 is 0 Å². The minimum atomic E-state index is -0.198. The molecule has 8 heteroatoms. The number of piperidine rings is 1. The first-order valence-corrected chi connectivity index (χ1v) is 11.7. The van der Waals surface area contributed by atoms with E-state index < -0.39 is 0 Å². The SMILES string of the molecule is Cc1ccc(NC(=O)N(C)CCc2noc(-c3ccc(C(=O)N4CCC(C)CC4)cc3)n2)cc1. The van der Waals surface area contributed by atoms with Crippen LogP contribution in [-0.4, -0.2) is 58.6 Å². The van der Waals surface area contributed by atoms with Gasteiger partial charge in [-0.2, -0.15) is 4.98 Å². The van der Waals surface area contributed by atoms with Gasteiger partial charge in [0.05, 0.1) is 0 Å². The largest absolute Gasteiger partial charge is 0.339 e. The van der Waals surface area contributed by atoms with Crippen molar-refractivity contribution in [2.24, 2.45) is 5.92 Å². The highest BCUT2D eigenvalue weighted by Crippen LogP contribution is 2.21. The van der Waals surface area contributed by atoms with Crippen LogP contribution in [0.25, 0.3) is 11.5 Å². The number of nitrogens with zero attached hydrogens (tertiary/aromatic N) is 4. The number of likely N-dealkylation sites (tertiary alicyclic amines) is 1. The lowest BCUT2D eigenvalue weighted by molar-refractivity contribution is 0.0697. The average Bonchev–Trinajstić information content (AvgIpc) is 3.33. The third-order valence-electron chi connectivity index (χ3n) is 6.24. The zero-order valence-electron chi connectivity index (χ0n) is 20.0. The van der Waals surface area contributed by atoms with Crippen molar-refractivity contribution in [1.82, 2.24) is 19.9 Å². The van der Waals surface area contributed by atoms with Crippen LogP contribution in [0.3, 0.4) is 0 Å². The fourth-order valence-corrected chi connectivity index (χ4v) is 3.85. The molecule has 0 saturated carbocycles. The van der Waals surface area contributed by atoms with Crippen LogP contribution in [0.2, 0.25) is 0 Å². The van der Waals surface area contributed by atoms with Gasteiger partial charge in [0.2, 0.25) is 0 Å². The summed E-state index contributed by atoms with van der Waals surface area (Å²) in [4.78, 5) is 33.1. The summed E-state index contributed by atoms with van der Waals surface area (Å²) < 4.78 is 5.40. The van der Waals surface area contributed by atoms with Crippen LogP contribution < -0.4 is 5.32 Å². The van der Waals surface area contributed by atoms with Crippen LogP contribution in [0.15, 0.2) is 53.1 Å². The zero-order valence-corrected chi connectivity index (χ0v) is 20.0. The molecular formula is C26H31N5O3. The van der Waals surface area contributed by atoms with Gasteiger partial charge in [-0.05, 0) is 62.1 Å². The number of benzene rings is 2. The average molecular weight is 462 g/mol. The fourth-order valence-electron chi connectivity index (χ4n) is 3.85. The van der Waals surface area contributed by atoms with Gasteiger partial charge in [-0.15, -0.1) is 0 Å². The highest BCUT2D eigenvalue weighted by molar-refractivity contribution is 5.94. The summed E-state index contributed by atoms with van der Waals surface area (Å²) in [6.07, 6.45) is 2.57. The lowest BCUT2D eigenvalue weighted by atomic mass is 9.98. The Morgan fingerprint density at radius 1 is 1.09 bits per heavy atom. The molecule has 0 radical (unpaired) electrons. The Kier molecular flexibility index (Phi) is 7.25. The second-order valence-electron chi connectivity index (χ2n) is 9.04. The van der Waals surface area contributed by atoms with Crippen molar-refractivity contribution in [2.75, 3.05) is 32.0 Å². The molecule has 2 heterocycles. The molecule has 178 valence electrons. The summed E-state index contributed by atoms with van der Waals surface area (Å²) in [5.41, 5.74) is 3.31. The summed E-state index contributed by atoms with van der Waals surface area (Å²) in [6, 6.07) is 14.7. The molecule has 8 nitrogen and oxygen atoms in total. The molecule has 1 aliphatic heterocycles. The fraction of sp³-hybridized carbons (Fsp3) is 0.385. The first-order chi connectivity index (χ1) is 16.4. The highest BCUT2D eigenvalue weighted by Gasteiger charge is 2.21. The van der Waals surface area contributed by atoms with Gasteiger partial charge in [-0.3, -0.25) is 4.79 Å². The molecule has 3 amide bonds. The first-order valence-electron chi connectivity index (χ1n) is 11.7. The van der Waals surface area contributed by atoms with Crippen LogP contribution >= 0.6 is 0 Å². The number of carbonyl (C=O) groups is 2. The number of likely N-dealkylation sites (N-methyl/N-ethyl adjacent to an activating group) is 1. The number of amides is 3. The number of anilines is 1. The van der Waals surface area contributed by atoms with E-state index in [9.17, 15) is 9.59 Å². The Bertz CT molecular complexity index is 1120. The van der Waals surface area contributed by atoms with Gasteiger partial charge >= 0.3 is 6.03 Å². The number of aryl methyl sites for hydroxylation is 1. The topological polar surface area (TPSA) is 91.6 Å². The maximum Gasteiger partial charge on any atom is 0.321 e. The number of aromatic nitrogens is 2. The molecule has 2 aromatic carbocycles. The molecular weight excluding hydrogens is 430 g/mol. The van der Waals surface area contributed by atoms with Gasteiger partial charge in [0, 0.05) is 49.9 Å². The van der Waals surface area contributed by atoms with E-state index in [0.717, 1.165) is 42.7 Å². The van der Waals surface area contributed by atoms with Crippen molar-refractivity contribution in [2.45, 2.75) is 33.1 Å². The normalized spacial score (nSPS) is 14.1. The third kappa shape index (κ3) is 5.81. The Morgan fingerprint density at radius 3 is 2.44 bits per heavy atom. The molecule has 1 N–H and O–H groups in total. The molecule has 0 atom stereocenters. The smallest absolute Gasteiger partial charge is 0.321 e. The Hall–Kier alpha value is -3.68. The van der Waals surface area contributed by atoms with Crippen molar-refractivity contribution < 1.29 is 14.1 Å². The lowest BCUT2D eigenvalue weighted by Gasteiger charge is -2.30. The summed E-state index contributed by atoms with van der Waals surface area (Å²) in [7, 11) is 1.73. The van der Waals surface area contributed by atoms with Crippen molar-refractivity contribution in [3.8, 4) is 11.5 Å². The lowest BCUT2D eigenvalue weighted by Crippen LogP contribution is -2.37. The molecule has 34 heavy (non-hydrogen) atoms. The standard InChI is InChI=1S/C26H31N5O3/c1-18-4-10-22(11-5-18)27-26(33)30(3)15-14-23-28-24(34-29-23)20-6-8-21(9-7-20)25(32)31-16-12-19(2)13-17-31/h4-11,19H,12-17H2,1-3H3,(H,27,33). The molecule has 1 aromatic heterocycles. The molecule has 1 aliphatic rings. The maximum atomic E-state index is 12.7. The molecule has 0 bridgehead atoms. The van der Waals surface area contributed by atoms with Crippen LogP contribution in [-0.2, 0) is 6.42 Å². The van der Waals surface area contributed by atoms with E-state index in [1.165, 1.54) is 0 Å². The third-order valence-corrected chi connectivity index (χ3v) is 6.24. The first kappa shape index (κ1) is 23.5. The number of hydrogen-bond donors (Lipinski definition) is 1. The number of hydrogen-bond acceptors (Lipinski definition) is 5. The number of carbonyl (C=O) groups excluding carboxylic acids is 2. The monoisotopic (exact) mass is 461 g/mol. The van der Waals surface area contributed by atoms with Crippen molar-refractivity contribution in [3.63, 3.8) is 0 Å². The van der Waals surface area contributed by atoms with Crippen LogP contribution in [0, 0.1) is 12.8 Å². The van der Waals surface area contributed by atoms with Gasteiger partial charge in [0.15, 0.2) is 5.82 Å². The van der Waals surface area contributed by atoms with Gasteiger partial charge < -0.3 is 19.6 Å². The molecule has 4 rings (SSSR count). The molecule has 0 spiro atoms. The predicted octanol–water partition coefficient (Wildman–Crippen LogP) is 4.62. The van der Waals surface area contributed by atoms with Crippen LogP contribution in [0.5, 0.6) is 0 Å². The highest BCUT2D eigenvalue weighted by atomic mass is 16.5. The number of nitrogens with one attached hydrogen (secondary N) is 1. The van der Waals surface area contributed by atoms with Gasteiger partial charge in [-0.1, -0.05) is 29.8 Å². The van der Waals surface area contributed by atoms with Gasteiger partial charge in [0.25, 0.3) is 11.8 Å². The van der Waals surface area contributed by atoms with Crippen molar-refractivity contribution in [3.05, 3.63) is 65.5 Å².